The van der Waals surface area contributed by atoms with Crippen molar-refractivity contribution in [2.24, 2.45) is 0 Å². The highest BCUT2D eigenvalue weighted by atomic mass is 19.1. The number of hydrogen-bond acceptors (Lipinski definition) is 3. The third-order valence-corrected chi connectivity index (χ3v) is 3.61. The number of hydrogen-bond donors (Lipinski definition) is 1. The molecule has 0 aliphatic heterocycles. The van der Waals surface area contributed by atoms with E-state index in [9.17, 15) is 4.39 Å². The lowest BCUT2D eigenvalue weighted by Crippen LogP contribution is -2.39. The molecule has 96 valence electrons. The summed E-state index contributed by atoms with van der Waals surface area (Å²) in [5, 5.41) is 12.2. The third kappa shape index (κ3) is 2.46. The van der Waals surface area contributed by atoms with E-state index in [-0.39, 0.29) is 11.9 Å². The number of nitrogens with one attached hydrogen (secondary N) is 1. The van der Waals surface area contributed by atoms with Gasteiger partial charge in [-0.3, -0.25) is 0 Å². The molecule has 2 unspecified atom stereocenters. The molecule has 0 spiro atoms. The van der Waals surface area contributed by atoms with Crippen LogP contribution in [0.3, 0.4) is 0 Å². The molecule has 1 saturated carbocycles. The van der Waals surface area contributed by atoms with E-state index in [2.05, 4.69) is 11.4 Å². The highest BCUT2D eigenvalue weighted by molar-refractivity contribution is 5.28. The smallest absolute Gasteiger partial charge is 0.129 e. The van der Waals surface area contributed by atoms with Crippen LogP contribution >= 0.6 is 0 Å². The van der Waals surface area contributed by atoms with Gasteiger partial charge >= 0.3 is 0 Å². The van der Waals surface area contributed by atoms with Crippen molar-refractivity contribution >= 4 is 0 Å². The SMILES string of the molecule is CNC1(C#N)CCC(Oc2ccc(C)c(F)c2)C1. The maximum atomic E-state index is 13.4. The van der Waals surface area contributed by atoms with Gasteiger partial charge in [0.25, 0.3) is 0 Å². The van der Waals surface area contributed by atoms with Crippen molar-refractivity contribution in [2.75, 3.05) is 7.05 Å². The lowest BCUT2D eigenvalue weighted by molar-refractivity contribution is 0.201. The standard InChI is InChI=1S/C14H17FN2O/c1-10-3-4-11(7-13(10)15)18-12-5-6-14(8-12,9-16)17-2/h3-4,7,12,17H,5-6,8H2,1-2H3. The Hall–Kier alpha value is -1.60. The maximum absolute atomic E-state index is 13.4. The topological polar surface area (TPSA) is 45.0 Å². The molecule has 1 aromatic rings. The number of rotatable bonds is 3. The van der Waals surface area contributed by atoms with Crippen LogP contribution in [0, 0.1) is 24.1 Å². The fourth-order valence-corrected chi connectivity index (χ4v) is 2.32. The van der Waals surface area contributed by atoms with Gasteiger partial charge in [-0.25, -0.2) is 4.39 Å². The molecule has 4 heteroatoms. The van der Waals surface area contributed by atoms with Crippen LogP contribution in [0.1, 0.15) is 24.8 Å². The molecule has 18 heavy (non-hydrogen) atoms. The second-order valence-corrected chi connectivity index (χ2v) is 4.84. The van der Waals surface area contributed by atoms with E-state index in [1.165, 1.54) is 6.07 Å². The van der Waals surface area contributed by atoms with Crippen molar-refractivity contribution in [2.45, 2.75) is 37.8 Å². The summed E-state index contributed by atoms with van der Waals surface area (Å²) in [6.45, 7) is 1.72. The quantitative estimate of drug-likeness (QED) is 0.894. The first-order valence-electron chi connectivity index (χ1n) is 6.11. The van der Waals surface area contributed by atoms with Crippen LogP contribution < -0.4 is 10.1 Å². The van der Waals surface area contributed by atoms with E-state index in [4.69, 9.17) is 10.00 Å². The molecule has 1 fully saturated rings. The molecule has 0 bridgehead atoms. The van der Waals surface area contributed by atoms with Gasteiger partial charge in [0, 0.05) is 12.5 Å². The van der Waals surface area contributed by atoms with Crippen LogP contribution in [-0.4, -0.2) is 18.7 Å². The Labute approximate surface area is 107 Å². The van der Waals surface area contributed by atoms with E-state index < -0.39 is 5.54 Å². The average Bonchev–Trinajstić information content (AvgIpc) is 2.78. The van der Waals surface area contributed by atoms with Crippen molar-refractivity contribution in [3.05, 3.63) is 29.6 Å². The Morgan fingerprint density at radius 1 is 1.56 bits per heavy atom. The third-order valence-electron chi connectivity index (χ3n) is 3.61. The second-order valence-electron chi connectivity index (χ2n) is 4.84. The van der Waals surface area contributed by atoms with Gasteiger partial charge in [-0.05, 0) is 38.4 Å². The number of ether oxygens (including phenoxy) is 1. The first kappa shape index (κ1) is 12.8. The molecule has 2 atom stereocenters. The number of halogens is 1. The molecular formula is C14H17FN2O. The largest absolute Gasteiger partial charge is 0.490 e. The monoisotopic (exact) mass is 248 g/mol. The summed E-state index contributed by atoms with van der Waals surface area (Å²) in [6.07, 6.45) is 2.18. The molecule has 1 aliphatic rings. The van der Waals surface area contributed by atoms with E-state index >= 15 is 0 Å². The fourth-order valence-electron chi connectivity index (χ4n) is 2.32. The molecule has 1 N–H and O–H groups in total. The van der Waals surface area contributed by atoms with Crippen LogP contribution in [0.4, 0.5) is 4.39 Å². The van der Waals surface area contributed by atoms with Crippen molar-refractivity contribution in [1.29, 1.82) is 5.26 Å². The Morgan fingerprint density at radius 2 is 2.33 bits per heavy atom. The number of nitrogens with zero attached hydrogens (tertiary/aromatic N) is 1. The second kappa shape index (κ2) is 4.95. The van der Waals surface area contributed by atoms with E-state index in [1.54, 1.807) is 26.1 Å². The van der Waals surface area contributed by atoms with Crippen LogP contribution in [0.5, 0.6) is 5.75 Å². The Balaban J connectivity index is 2.04. The van der Waals surface area contributed by atoms with Crippen molar-refractivity contribution in [1.82, 2.24) is 5.32 Å². The zero-order valence-corrected chi connectivity index (χ0v) is 10.7. The van der Waals surface area contributed by atoms with Crippen molar-refractivity contribution in [3.63, 3.8) is 0 Å². The first-order chi connectivity index (χ1) is 8.58. The Bertz CT molecular complexity index is 483. The summed E-state index contributed by atoms with van der Waals surface area (Å²) in [5.41, 5.74) is 0.115. The van der Waals surface area contributed by atoms with Gasteiger partial charge in [0.2, 0.25) is 0 Å². The maximum Gasteiger partial charge on any atom is 0.129 e. The summed E-state index contributed by atoms with van der Waals surface area (Å²) in [4.78, 5) is 0. The number of aryl methyl sites for hydroxylation is 1. The van der Waals surface area contributed by atoms with E-state index in [0.29, 0.717) is 17.7 Å². The minimum absolute atomic E-state index is 0.0285. The average molecular weight is 248 g/mol. The number of benzene rings is 1. The number of nitriles is 1. The predicted octanol–water partition coefficient (Wildman–Crippen LogP) is 2.55. The zero-order chi connectivity index (χ0) is 13.2. The minimum Gasteiger partial charge on any atom is -0.490 e. The summed E-state index contributed by atoms with van der Waals surface area (Å²) < 4.78 is 19.1. The summed E-state index contributed by atoms with van der Waals surface area (Å²) in [6, 6.07) is 7.17. The Morgan fingerprint density at radius 3 is 2.89 bits per heavy atom. The molecule has 0 aromatic heterocycles. The van der Waals surface area contributed by atoms with Crippen LogP contribution in [0.25, 0.3) is 0 Å². The molecule has 0 heterocycles. The summed E-state index contributed by atoms with van der Waals surface area (Å²) in [7, 11) is 1.79. The van der Waals surface area contributed by atoms with E-state index in [1.807, 2.05) is 0 Å². The summed E-state index contributed by atoms with van der Waals surface area (Å²) in [5.74, 6) is 0.276. The highest BCUT2D eigenvalue weighted by Gasteiger charge is 2.39. The molecule has 0 radical (unpaired) electrons. The lowest BCUT2D eigenvalue weighted by Gasteiger charge is -2.20. The molecule has 3 nitrogen and oxygen atoms in total. The predicted molar refractivity (Wildman–Crippen MR) is 66.8 cm³/mol. The highest BCUT2D eigenvalue weighted by Crippen LogP contribution is 2.32. The van der Waals surface area contributed by atoms with Gasteiger partial charge in [-0.1, -0.05) is 6.07 Å². The van der Waals surface area contributed by atoms with Crippen molar-refractivity contribution < 1.29 is 9.13 Å². The van der Waals surface area contributed by atoms with Gasteiger partial charge < -0.3 is 10.1 Å². The normalized spacial score (nSPS) is 26.9. The molecule has 1 aliphatic carbocycles. The van der Waals surface area contributed by atoms with Gasteiger partial charge in [0.05, 0.1) is 6.07 Å². The van der Waals surface area contributed by atoms with E-state index in [0.717, 1.165) is 12.8 Å². The summed E-state index contributed by atoms with van der Waals surface area (Å²) >= 11 is 0. The van der Waals surface area contributed by atoms with Gasteiger partial charge in [0.15, 0.2) is 0 Å². The molecular weight excluding hydrogens is 231 g/mol. The van der Waals surface area contributed by atoms with Gasteiger partial charge in [-0.15, -0.1) is 0 Å². The fraction of sp³-hybridized carbons (Fsp3) is 0.500. The van der Waals surface area contributed by atoms with Crippen LogP contribution in [-0.2, 0) is 0 Å². The Kier molecular flexibility index (Phi) is 3.53. The minimum atomic E-state index is -0.492. The van der Waals surface area contributed by atoms with Crippen molar-refractivity contribution in [3.8, 4) is 11.8 Å². The van der Waals surface area contributed by atoms with Crippen LogP contribution in [0.15, 0.2) is 18.2 Å². The molecule has 2 rings (SSSR count). The molecule has 0 saturated heterocycles. The lowest BCUT2D eigenvalue weighted by atomic mass is 10.0. The first-order valence-corrected chi connectivity index (χ1v) is 6.11. The van der Waals surface area contributed by atoms with Crippen LogP contribution in [0.2, 0.25) is 0 Å². The molecule has 1 aromatic carbocycles. The molecule has 0 amide bonds. The van der Waals surface area contributed by atoms with Gasteiger partial charge in [-0.2, -0.15) is 5.26 Å². The van der Waals surface area contributed by atoms with Gasteiger partial charge in [0.1, 0.15) is 23.2 Å². The zero-order valence-electron chi connectivity index (χ0n) is 10.7.